The molecule has 0 aromatic rings. The van der Waals surface area contributed by atoms with Crippen LogP contribution in [0.4, 0.5) is 0 Å². The largest absolute Gasteiger partial charge is 0.481 e. The molecule has 0 saturated heterocycles. The molecule has 0 aromatic carbocycles. The molecule has 2 nitrogen and oxygen atoms in total. The summed E-state index contributed by atoms with van der Waals surface area (Å²) >= 11 is 35.1. The van der Waals surface area contributed by atoms with E-state index in [9.17, 15) is 0 Å². The maximum atomic E-state index is 9.13. The lowest BCUT2D eigenvalue weighted by molar-refractivity contribution is 0.372. The van der Waals surface area contributed by atoms with E-state index in [2.05, 4.69) is 0 Å². The van der Waals surface area contributed by atoms with Gasteiger partial charge in [0.1, 0.15) is 4.77 Å². The summed E-state index contributed by atoms with van der Waals surface area (Å²) in [6, 6.07) is 0. The molecule has 0 fully saturated rings. The molecule has 0 aliphatic heterocycles. The summed E-state index contributed by atoms with van der Waals surface area (Å²) in [5.74, 6) is 0. The third kappa shape index (κ3) is 2.00. The topological polar surface area (TPSA) is 40.5 Å². The van der Waals surface area contributed by atoms with Crippen LogP contribution in [0.5, 0.6) is 0 Å². The van der Waals surface area contributed by atoms with Gasteiger partial charge in [-0.15, -0.1) is 23.2 Å². The van der Waals surface area contributed by atoms with Crippen molar-refractivity contribution in [1.82, 2.24) is 0 Å². The zero-order valence-electron chi connectivity index (χ0n) is 6.97. The molecule has 1 aliphatic carbocycles. The molecule has 1 rings (SSSR count). The van der Waals surface area contributed by atoms with Gasteiger partial charge in [-0.2, -0.15) is 0 Å². The Morgan fingerprint density at radius 3 is 1.93 bits per heavy atom. The molecule has 0 spiro atoms. The average molecular weight is 333 g/mol. The van der Waals surface area contributed by atoms with Gasteiger partial charge in [-0.05, 0) is 0 Å². The number of hydrogen-bond acceptors (Lipinski definition) is 2. The summed E-state index contributed by atoms with van der Waals surface area (Å²) < 4.78 is -5.83. The first-order valence-electron chi connectivity index (χ1n) is 3.71. The molecule has 0 bridgehead atoms. The van der Waals surface area contributed by atoms with E-state index >= 15 is 0 Å². The Labute approximate surface area is 117 Å². The predicted molar refractivity (Wildman–Crippen MR) is 66.4 cm³/mol. The quantitative estimate of drug-likeness (QED) is 0.440. The van der Waals surface area contributed by atoms with Gasteiger partial charge in [0.25, 0.3) is 0 Å². The molecule has 2 atom stereocenters. The third-order valence-electron chi connectivity index (χ3n) is 2.13. The minimum Gasteiger partial charge on any atom is -0.426 e. The second-order valence-corrected chi connectivity index (χ2v) is 6.91. The van der Waals surface area contributed by atoms with E-state index in [0.717, 1.165) is 0 Å². The second kappa shape index (κ2) is 4.29. The van der Waals surface area contributed by atoms with Crippen LogP contribution in [0.1, 0.15) is 0 Å². The maximum absolute atomic E-state index is 9.13. The molecular formula is C6H5BCl6O2. The second-order valence-electron chi connectivity index (χ2n) is 3.10. The predicted octanol–water partition coefficient (Wildman–Crippen LogP) is 2.50. The van der Waals surface area contributed by atoms with Crippen LogP contribution in [0, 0.1) is 0 Å². The maximum Gasteiger partial charge on any atom is 0.481 e. The Bertz CT molecular complexity index is 293. The molecule has 1 aliphatic rings. The summed E-state index contributed by atoms with van der Waals surface area (Å²) in [4.78, 5) is 0. The average Bonchev–Trinajstić information content (AvgIpc) is 2.10. The molecule has 0 amide bonds. The van der Waals surface area contributed by atoms with Gasteiger partial charge in [0.2, 0.25) is 0 Å². The first-order valence-corrected chi connectivity index (χ1v) is 6.04. The molecule has 0 saturated carbocycles. The Balaban J connectivity index is 3.31. The summed E-state index contributed by atoms with van der Waals surface area (Å²) in [7, 11) is -2.04. The van der Waals surface area contributed by atoms with Crippen molar-refractivity contribution in [2.45, 2.75) is 18.8 Å². The van der Waals surface area contributed by atoms with Gasteiger partial charge in [-0.25, -0.2) is 0 Å². The minimum atomic E-state index is -2.06. The SMILES string of the molecule is OB(O)C1(Cl)C=CC(Cl)C(Cl)(Cl)C1(Cl)Cl. The molecule has 15 heavy (non-hydrogen) atoms. The van der Waals surface area contributed by atoms with Gasteiger partial charge in [0, 0.05) is 0 Å². The van der Waals surface area contributed by atoms with Gasteiger partial charge in [0.05, 0.1) is 5.38 Å². The fraction of sp³-hybridized carbons (Fsp3) is 0.667. The molecule has 2 N–H and O–H groups in total. The van der Waals surface area contributed by atoms with Crippen molar-refractivity contribution < 1.29 is 10.0 Å². The Morgan fingerprint density at radius 1 is 1.07 bits per heavy atom. The van der Waals surface area contributed by atoms with E-state index in [0.29, 0.717) is 0 Å². The first-order chi connectivity index (χ1) is 6.57. The first kappa shape index (κ1) is 14.5. The van der Waals surface area contributed by atoms with Gasteiger partial charge in [-0.3, -0.25) is 0 Å². The van der Waals surface area contributed by atoms with Crippen LogP contribution >= 0.6 is 69.6 Å². The van der Waals surface area contributed by atoms with E-state index in [4.69, 9.17) is 79.7 Å². The monoisotopic (exact) mass is 330 g/mol. The normalized spacial score (nSPS) is 37.7. The van der Waals surface area contributed by atoms with Crippen LogP contribution in [0.3, 0.4) is 0 Å². The number of halogens is 6. The van der Waals surface area contributed by atoms with Crippen molar-refractivity contribution >= 4 is 76.7 Å². The highest BCUT2D eigenvalue weighted by atomic mass is 35.5. The number of rotatable bonds is 1. The number of alkyl halides is 6. The standard InChI is InChI=1S/C6H5BCl6O2/c8-3-1-2-4(9,7(14)15)6(12,13)5(3,10)11/h1-3,14-15H. The van der Waals surface area contributed by atoms with Crippen molar-refractivity contribution in [3.63, 3.8) is 0 Å². The summed E-state index contributed by atoms with van der Waals surface area (Å²) in [6.45, 7) is 0. The van der Waals surface area contributed by atoms with E-state index < -0.39 is 25.9 Å². The van der Waals surface area contributed by atoms with Crippen LogP contribution in [0.25, 0.3) is 0 Å². The Kier molecular flexibility index (Phi) is 4.15. The van der Waals surface area contributed by atoms with Crippen molar-refractivity contribution in [2.24, 2.45) is 0 Å². The molecule has 9 heteroatoms. The zero-order chi connectivity index (χ0) is 12.1. The van der Waals surface area contributed by atoms with E-state index in [1.54, 1.807) is 0 Å². The van der Waals surface area contributed by atoms with Crippen LogP contribution in [-0.2, 0) is 0 Å². The third-order valence-corrected chi connectivity index (χ3v) is 6.27. The number of allylic oxidation sites excluding steroid dienone is 2. The molecule has 0 radical (unpaired) electrons. The van der Waals surface area contributed by atoms with Gasteiger partial charge in [-0.1, -0.05) is 58.6 Å². The highest BCUT2D eigenvalue weighted by molar-refractivity contribution is 6.75. The smallest absolute Gasteiger partial charge is 0.426 e. The Hall–Kier alpha value is 1.46. The molecule has 2 unspecified atom stereocenters. The highest BCUT2D eigenvalue weighted by Gasteiger charge is 2.68. The summed E-state index contributed by atoms with van der Waals surface area (Å²) in [5.41, 5.74) is 0. The van der Waals surface area contributed by atoms with Crippen molar-refractivity contribution in [2.75, 3.05) is 0 Å². The van der Waals surface area contributed by atoms with Crippen LogP contribution in [0.15, 0.2) is 12.2 Å². The zero-order valence-corrected chi connectivity index (χ0v) is 11.5. The number of hydrogen-bond donors (Lipinski definition) is 2. The van der Waals surface area contributed by atoms with Crippen molar-refractivity contribution in [3.05, 3.63) is 12.2 Å². The van der Waals surface area contributed by atoms with Crippen molar-refractivity contribution in [1.29, 1.82) is 0 Å². The van der Waals surface area contributed by atoms with Crippen LogP contribution in [-0.4, -0.2) is 36.0 Å². The van der Waals surface area contributed by atoms with Gasteiger partial charge in [0.15, 0.2) is 8.67 Å². The lowest BCUT2D eigenvalue weighted by Gasteiger charge is -2.46. The fourth-order valence-corrected chi connectivity index (χ4v) is 2.81. The van der Waals surface area contributed by atoms with Crippen LogP contribution < -0.4 is 0 Å². The molecule has 0 heterocycles. The summed E-state index contributed by atoms with van der Waals surface area (Å²) in [6.07, 6.45) is 2.47. The lowest BCUT2D eigenvalue weighted by atomic mass is 9.66. The highest BCUT2D eigenvalue weighted by Crippen LogP contribution is 2.58. The minimum absolute atomic E-state index is 0.901. The molecular weight excluding hydrogens is 328 g/mol. The van der Waals surface area contributed by atoms with Crippen molar-refractivity contribution in [3.8, 4) is 0 Å². The molecule has 86 valence electrons. The van der Waals surface area contributed by atoms with E-state index in [1.165, 1.54) is 12.2 Å². The lowest BCUT2D eigenvalue weighted by Crippen LogP contribution is -2.64. The summed E-state index contributed by atoms with van der Waals surface area (Å²) in [5, 5.41) is 17.4. The Morgan fingerprint density at radius 2 is 1.53 bits per heavy atom. The van der Waals surface area contributed by atoms with Crippen LogP contribution in [0.2, 0.25) is 0 Å². The van der Waals surface area contributed by atoms with E-state index in [-0.39, 0.29) is 0 Å². The fourth-order valence-electron chi connectivity index (χ4n) is 1.13. The van der Waals surface area contributed by atoms with Gasteiger partial charge < -0.3 is 10.0 Å². The van der Waals surface area contributed by atoms with E-state index in [1.807, 2.05) is 0 Å². The molecule has 0 aromatic heterocycles. The van der Waals surface area contributed by atoms with Gasteiger partial charge >= 0.3 is 7.12 Å².